The molecule has 2 aliphatic rings. The van der Waals surface area contributed by atoms with E-state index in [-0.39, 0.29) is 25.7 Å². The zero-order valence-corrected chi connectivity index (χ0v) is 17.5. The van der Waals surface area contributed by atoms with Crippen molar-refractivity contribution in [1.29, 1.82) is 0 Å². The van der Waals surface area contributed by atoms with Gasteiger partial charge in [-0.2, -0.15) is 4.31 Å². The van der Waals surface area contributed by atoms with Crippen molar-refractivity contribution in [2.75, 3.05) is 18.0 Å². The molecule has 4 rings (SSSR count). The molecule has 154 valence electrons. The molecule has 0 atom stereocenters. The van der Waals surface area contributed by atoms with Crippen LogP contribution in [-0.2, 0) is 21.4 Å². The van der Waals surface area contributed by atoms with Crippen LogP contribution in [0.1, 0.15) is 18.4 Å². The van der Waals surface area contributed by atoms with Crippen LogP contribution in [0.2, 0.25) is 0 Å². The van der Waals surface area contributed by atoms with Crippen LogP contribution in [0.15, 0.2) is 45.8 Å². The van der Waals surface area contributed by atoms with Gasteiger partial charge in [-0.25, -0.2) is 22.0 Å². The average molecular weight is 487 g/mol. The minimum absolute atomic E-state index is 0.0381. The highest BCUT2D eigenvalue weighted by Crippen LogP contribution is 2.34. The van der Waals surface area contributed by atoms with E-state index in [1.165, 1.54) is 0 Å². The monoisotopic (exact) mass is 486 g/mol. The Balaban J connectivity index is 1.55. The summed E-state index contributed by atoms with van der Waals surface area (Å²) in [6.45, 7) is 0.247. The molecule has 2 aromatic carbocycles. The van der Waals surface area contributed by atoms with Crippen LogP contribution in [0.5, 0.6) is 0 Å². The second kappa shape index (κ2) is 7.66. The third-order valence-corrected chi connectivity index (χ3v) is 7.60. The number of carbonyl (C=O) groups is 1. The van der Waals surface area contributed by atoms with Gasteiger partial charge in [0.2, 0.25) is 10.0 Å². The topological polar surface area (TPSA) is 66.9 Å². The number of amides is 1. The summed E-state index contributed by atoms with van der Waals surface area (Å²) in [7, 11) is -4.31. The van der Waals surface area contributed by atoms with E-state index >= 15 is 0 Å². The largest absolute Gasteiger partial charge is 0.444 e. The molecular formula is C19H17BrF2N2O4S. The Morgan fingerprint density at radius 2 is 1.72 bits per heavy atom. The van der Waals surface area contributed by atoms with Crippen molar-refractivity contribution < 1.29 is 26.7 Å². The number of hydrogen-bond acceptors (Lipinski definition) is 4. The fourth-order valence-corrected chi connectivity index (χ4v) is 5.74. The lowest BCUT2D eigenvalue weighted by Crippen LogP contribution is -2.50. The number of piperidine rings is 1. The molecule has 0 radical (unpaired) electrons. The van der Waals surface area contributed by atoms with Crippen LogP contribution >= 0.6 is 15.9 Å². The molecule has 1 amide bonds. The highest BCUT2D eigenvalue weighted by molar-refractivity contribution is 9.10. The number of anilines is 1. The molecule has 0 unspecified atom stereocenters. The molecule has 1 fully saturated rings. The second-order valence-electron chi connectivity index (χ2n) is 6.88. The van der Waals surface area contributed by atoms with E-state index in [9.17, 15) is 22.0 Å². The summed E-state index contributed by atoms with van der Waals surface area (Å²) in [6, 6.07) is 8.19. The van der Waals surface area contributed by atoms with E-state index in [1.54, 1.807) is 4.90 Å². The van der Waals surface area contributed by atoms with Gasteiger partial charge in [-0.3, -0.25) is 4.90 Å². The molecule has 10 heteroatoms. The highest BCUT2D eigenvalue weighted by atomic mass is 79.9. The standard InChI is InChI=1S/C19H17BrF2N2O4S/c20-13-4-5-17-12(10-13)11-28-19(25)24(17)14-6-8-23(9-7-14)29(26,27)18-15(21)2-1-3-16(18)22/h1-5,10,14H,6-9,11H2. The van der Waals surface area contributed by atoms with Gasteiger partial charge in [-0.05, 0) is 43.2 Å². The lowest BCUT2D eigenvalue weighted by atomic mass is 10.0. The van der Waals surface area contributed by atoms with Crippen molar-refractivity contribution in [3.05, 3.63) is 58.1 Å². The Morgan fingerprint density at radius 1 is 1.07 bits per heavy atom. The first-order chi connectivity index (χ1) is 13.8. The predicted octanol–water partition coefficient (Wildman–Crippen LogP) is 4.04. The number of fused-ring (bicyclic) bond motifs is 1. The summed E-state index contributed by atoms with van der Waals surface area (Å²) in [5, 5.41) is 0. The van der Waals surface area contributed by atoms with E-state index < -0.39 is 32.6 Å². The maximum atomic E-state index is 14.0. The Hall–Kier alpha value is -2.04. The number of nitrogens with zero attached hydrogens (tertiary/aromatic N) is 2. The van der Waals surface area contributed by atoms with Gasteiger partial charge in [0.1, 0.15) is 18.2 Å². The lowest BCUT2D eigenvalue weighted by Gasteiger charge is -2.39. The Kier molecular flexibility index (Phi) is 5.34. The van der Waals surface area contributed by atoms with E-state index in [0.29, 0.717) is 12.8 Å². The summed E-state index contributed by atoms with van der Waals surface area (Å²) >= 11 is 3.39. The molecule has 29 heavy (non-hydrogen) atoms. The van der Waals surface area contributed by atoms with Crippen molar-refractivity contribution in [3.8, 4) is 0 Å². The first-order valence-corrected chi connectivity index (χ1v) is 11.2. The van der Waals surface area contributed by atoms with Crippen molar-refractivity contribution in [1.82, 2.24) is 4.31 Å². The lowest BCUT2D eigenvalue weighted by molar-refractivity contribution is 0.135. The molecule has 0 N–H and O–H groups in total. The fourth-order valence-electron chi connectivity index (χ4n) is 3.76. The fraction of sp³-hybridized carbons (Fsp3) is 0.316. The molecule has 2 aromatic rings. The van der Waals surface area contributed by atoms with Crippen LogP contribution in [0.4, 0.5) is 19.3 Å². The zero-order chi connectivity index (χ0) is 20.8. The van der Waals surface area contributed by atoms with Crippen molar-refractivity contribution in [3.63, 3.8) is 0 Å². The van der Waals surface area contributed by atoms with Gasteiger partial charge < -0.3 is 4.74 Å². The van der Waals surface area contributed by atoms with Crippen LogP contribution in [-0.4, -0.2) is 37.9 Å². The number of hydrogen-bond donors (Lipinski definition) is 0. The molecule has 2 heterocycles. The van der Waals surface area contributed by atoms with Gasteiger partial charge in [0, 0.05) is 29.2 Å². The van der Waals surface area contributed by atoms with E-state index in [2.05, 4.69) is 15.9 Å². The molecule has 0 saturated carbocycles. The first kappa shape index (κ1) is 20.2. The summed E-state index contributed by atoms with van der Waals surface area (Å²) in [6.07, 6.45) is 0.154. The Morgan fingerprint density at radius 3 is 2.38 bits per heavy atom. The van der Waals surface area contributed by atoms with Crippen molar-refractivity contribution in [2.24, 2.45) is 0 Å². The van der Waals surface area contributed by atoms with Gasteiger partial charge in [0.25, 0.3) is 0 Å². The molecule has 0 aliphatic carbocycles. The molecule has 2 aliphatic heterocycles. The third kappa shape index (κ3) is 3.64. The van der Waals surface area contributed by atoms with E-state index in [1.807, 2.05) is 18.2 Å². The van der Waals surface area contributed by atoms with E-state index in [0.717, 1.165) is 38.2 Å². The highest BCUT2D eigenvalue weighted by Gasteiger charge is 2.38. The Bertz CT molecular complexity index is 1050. The van der Waals surface area contributed by atoms with Crippen molar-refractivity contribution in [2.45, 2.75) is 30.4 Å². The summed E-state index contributed by atoms with van der Waals surface area (Å²) in [5.74, 6) is -2.24. The Labute approximate surface area is 175 Å². The number of carbonyl (C=O) groups excluding carboxylic acids is 1. The summed E-state index contributed by atoms with van der Waals surface area (Å²) < 4.78 is 60.7. The second-order valence-corrected chi connectivity index (χ2v) is 9.67. The number of sulfonamides is 1. The molecule has 6 nitrogen and oxygen atoms in total. The van der Waals surface area contributed by atoms with Crippen LogP contribution in [0.25, 0.3) is 0 Å². The van der Waals surface area contributed by atoms with Crippen LogP contribution in [0.3, 0.4) is 0 Å². The minimum atomic E-state index is -4.31. The van der Waals surface area contributed by atoms with Crippen LogP contribution < -0.4 is 4.90 Å². The van der Waals surface area contributed by atoms with Crippen molar-refractivity contribution >= 4 is 37.7 Å². The predicted molar refractivity (Wildman–Crippen MR) is 105 cm³/mol. The molecular weight excluding hydrogens is 470 g/mol. The van der Waals surface area contributed by atoms with Gasteiger partial charge in [0.15, 0.2) is 4.90 Å². The first-order valence-electron chi connectivity index (χ1n) is 8.97. The number of halogens is 3. The maximum Gasteiger partial charge on any atom is 0.414 e. The zero-order valence-electron chi connectivity index (χ0n) is 15.1. The smallest absolute Gasteiger partial charge is 0.414 e. The minimum Gasteiger partial charge on any atom is -0.444 e. The van der Waals surface area contributed by atoms with Gasteiger partial charge in [-0.15, -0.1) is 0 Å². The third-order valence-electron chi connectivity index (χ3n) is 5.15. The maximum absolute atomic E-state index is 14.0. The molecule has 0 aromatic heterocycles. The normalized spacial score (nSPS) is 18.4. The number of rotatable bonds is 3. The number of benzene rings is 2. The van der Waals surface area contributed by atoms with E-state index in [4.69, 9.17) is 4.74 Å². The SMILES string of the molecule is O=C1OCc2cc(Br)ccc2N1C1CCN(S(=O)(=O)c2c(F)cccc2F)CC1. The van der Waals surface area contributed by atoms with Gasteiger partial charge in [0.05, 0.1) is 5.69 Å². The van der Waals surface area contributed by atoms with Gasteiger partial charge >= 0.3 is 6.09 Å². The van der Waals surface area contributed by atoms with Gasteiger partial charge in [-0.1, -0.05) is 22.0 Å². The van der Waals surface area contributed by atoms with Crippen LogP contribution in [0, 0.1) is 11.6 Å². The summed E-state index contributed by atoms with van der Waals surface area (Å²) in [5.41, 5.74) is 1.58. The molecule has 0 spiro atoms. The average Bonchev–Trinajstić information content (AvgIpc) is 2.68. The summed E-state index contributed by atoms with van der Waals surface area (Å²) in [4.78, 5) is 13.0. The quantitative estimate of drug-likeness (QED) is 0.656. The molecule has 1 saturated heterocycles. The number of cyclic esters (lactones) is 1. The molecule has 0 bridgehead atoms. The number of ether oxygens (including phenoxy) is 1.